The van der Waals surface area contributed by atoms with E-state index in [1.807, 2.05) is 11.8 Å². The van der Waals surface area contributed by atoms with Crippen LogP contribution >= 0.6 is 0 Å². The van der Waals surface area contributed by atoms with Crippen molar-refractivity contribution < 1.29 is 52.4 Å². The third-order valence-electron chi connectivity index (χ3n) is 12.0. The second-order valence-electron chi connectivity index (χ2n) is 16.5. The van der Waals surface area contributed by atoms with Crippen molar-refractivity contribution in [3.05, 3.63) is 24.5 Å². The maximum Gasteiger partial charge on any atom is 0.411 e. The lowest BCUT2D eigenvalue weighted by Gasteiger charge is -2.45. The van der Waals surface area contributed by atoms with Crippen molar-refractivity contribution in [3.63, 3.8) is 0 Å². The molecule has 2 unspecified atom stereocenters. The molecule has 17 nitrogen and oxygen atoms in total. The van der Waals surface area contributed by atoms with Crippen LogP contribution < -0.4 is 0 Å². The van der Waals surface area contributed by atoms with Gasteiger partial charge in [0.05, 0.1) is 30.5 Å². The summed E-state index contributed by atoms with van der Waals surface area (Å²) < 4.78 is 48.7. The number of amides is 1. The molecule has 1 amide bonds. The van der Waals surface area contributed by atoms with Crippen molar-refractivity contribution in [1.82, 2.24) is 35.0 Å². The lowest BCUT2D eigenvalue weighted by molar-refractivity contribution is -0.266. The number of hydrogen-bond donors (Lipinski definition) is 1. The number of Topliss-reactive ketones (excluding diaryl/α,β-unsaturated/α-hetero) is 2. The highest BCUT2D eigenvalue weighted by molar-refractivity contribution is 6.08. The second-order valence-corrected chi connectivity index (χ2v) is 16.5. The van der Waals surface area contributed by atoms with E-state index >= 15 is 4.39 Å². The molecule has 4 rings (SSSR count). The van der Waals surface area contributed by atoms with E-state index in [0.29, 0.717) is 17.8 Å². The number of carbonyl (C=O) groups is 4. The number of aliphatic hydroxyl groups excluding tert-OH is 1. The van der Waals surface area contributed by atoms with Gasteiger partial charge in [-0.2, -0.15) is 5.10 Å². The van der Waals surface area contributed by atoms with Crippen molar-refractivity contribution >= 4 is 23.6 Å². The first-order chi connectivity index (χ1) is 28.2. The van der Waals surface area contributed by atoms with Crippen LogP contribution in [0.5, 0.6) is 0 Å². The number of methoxy groups -OCH3 is 1. The number of rotatable bonds is 13. The number of halogens is 1. The minimum absolute atomic E-state index is 0.0358. The molecule has 1 N–H and O–H groups in total. The number of hydrogen-bond acceptors (Lipinski definition) is 15. The number of cyclic esters (lactones) is 1. The number of ketones is 2. The summed E-state index contributed by atoms with van der Waals surface area (Å²) in [6.07, 6.45) is -2.30. The SMILES string of the molecule is CCO[C@@H](O[C@@H]1[C@@H](C)C(=O)[C@](C)(F)C(=O)O[C@H](CC)[C@@]2(C)OC(=O)N(CC#CCn3cc(-c4cccnn4)nn3)[C@@H]2[C@@H](C)C(=O)[C@H](C)C[C@@]1(C)OC)C(O)C(CC)N(C)C. The van der Waals surface area contributed by atoms with Gasteiger partial charge in [-0.15, -0.1) is 10.2 Å². The molecule has 0 radical (unpaired) electrons. The van der Waals surface area contributed by atoms with Crippen LogP contribution in [0.2, 0.25) is 0 Å². The van der Waals surface area contributed by atoms with Crippen LogP contribution in [-0.2, 0) is 44.6 Å². The third kappa shape index (κ3) is 10.0. The van der Waals surface area contributed by atoms with Crippen LogP contribution in [0, 0.1) is 29.6 Å². The Labute approximate surface area is 352 Å². The van der Waals surface area contributed by atoms with E-state index in [1.165, 1.54) is 30.5 Å². The van der Waals surface area contributed by atoms with E-state index in [0.717, 1.165) is 6.92 Å². The Morgan fingerprint density at radius 2 is 1.72 bits per heavy atom. The largest absolute Gasteiger partial charge is 0.455 e. The molecule has 2 aliphatic rings. The maximum atomic E-state index is 16.9. The van der Waals surface area contributed by atoms with Crippen molar-refractivity contribution in [3.8, 4) is 23.2 Å². The van der Waals surface area contributed by atoms with Crippen molar-refractivity contribution in [2.75, 3.05) is 34.4 Å². The number of alkyl halides is 1. The summed E-state index contributed by atoms with van der Waals surface area (Å²) in [7, 11) is 4.97. The van der Waals surface area contributed by atoms with Gasteiger partial charge in [-0.3, -0.25) is 14.5 Å². The topological polar surface area (TPSA) is 198 Å². The van der Waals surface area contributed by atoms with Crippen LogP contribution in [0.1, 0.15) is 81.6 Å². The first kappa shape index (κ1) is 48.3. The Morgan fingerprint density at radius 1 is 1.03 bits per heavy atom. The summed E-state index contributed by atoms with van der Waals surface area (Å²) in [5.41, 5.74) is -5.37. The third-order valence-corrected chi connectivity index (χ3v) is 12.0. The summed E-state index contributed by atoms with van der Waals surface area (Å²) in [5, 5.41) is 27.6. The fourth-order valence-corrected chi connectivity index (χ4v) is 8.68. The lowest BCUT2D eigenvalue weighted by atomic mass is 9.73. The van der Waals surface area contributed by atoms with Crippen LogP contribution in [-0.4, -0.2) is 152 Å². The Kier molecular flexibility index (Phi) is 16.1. The van der Waals surface area contributed by atoms with Gasteiger partial charge in [0.25, 0.3) is 5.67 Å². The molecule has 12 atom stereocenters. The Hall–Kier alpha value is -4.41. The molecule has 2 aliphatic heterocycles. The molecule has 0 saturated carbocycles. The molecule has 0 spiro atoms. The molecule has 0 bridgehead atoms. The van der Waals surface area contributed by atoms with Crippen LogP contribution in [0.4, 0.5) is 9.18 Å². The number of fused-ring (bicyclic) bond motifs is 1. The Morgan fingerprint density at radius 3 is 2.30 bits per heavy atom. The highest BCUT2D eigenvalue weighted by atomic mass is 19.1. The molecular weight excluding hydrogens is 781 g/mol. The quantitative estimate of drug-likeness (QED) is 0.133. The number of carbonyl (C=O) groups excluding carboxylic acids is 4. The van der Waals surface area contributed by atoms with E-state index in [4.69, 9.17) is 23.7 Å². The smallest absolute Gasteiger partial charge is 0.411 e. The zero-order chi connectivity index (χ0) is 44.7. The zero-order valence-electron chi connectivity index (χ0n) is 36.9. The molecule has 2 aromatic rings. The molecule has 2 fully saturated rings. The Bertz CT molecular complexity index is 1870. The summed E-state index contributed by atoms with van der Waals surface area (Å²) >= 11 is 0. The van der Waals surface area contributed by atoms with Gasteiger partial charge < -0.3 is 33.7 Å². The number of likely N-dealkylation sites (N-methyl/N-ethyl adjacent to an activating group) is 1. The first-order valence-electron chi connectivity index (χ1n) is 20.5. The predicted octanol–water partition coefficient (Wildman–Crippen LogP) is 3.67. The van der Waals surface area contributed by atoms with Crippen molar-refractivity contribution in [2.24, 2.45) is 17.8 Å². The summed E-state index contributed by atoms with van der Waals surface area (Å²) in [5.74, 6) is -0.178. The van der Waals surface area contributed by atoms with E-state index in [2.05, 4.69) is 32.4 Å². The summed E-state index contributed by atoms with van der Waals surface area (Å²) in [6, 6.07) is 1.98. The number of ether oxygens (including phenoxy) is 5. The summed E-state index contributed by atoms with van der Waals surface area (Å²) in [6.45, 7) is 14.1. The van der Waals surface area contributed by atoms with E-state index < -0.39 is 89.2 Å². The Balaban J connectivity index is 1.75. The highest BCUT2D eigenvalue weighted by Crippen LogP contribution is 2.43. The monoisotopic (exact) mass is 843 g/mol. The van der Waals surface area contributed by atoms with Crippen molar-refractivity contribution in [1.29, 1.82) is 0 Å². The van der Waals surface area contributed by atoms with Gasteiger partial charge in [-0.05, 0) is 73.2 Å². The van der Waals surface area contributed by atoms with Gasteiger partial charge in [0.1, 0.15) is 35.9 Å². The molecule has 2 aromatic heterocycles. The van der Waals surface area contributed by atoms with Gasteiger partial charge >= 0.3 is 12.1 Å². The normalized spacial score (nSPS) is 32.0. The van der Waals surface area contributed by atoms with Gasteiger partial charge in [0, 0.05) is 43.7 Å². The summed E-state index contributed by atoms with van der Waals surface area (Å²) in [4.78, 5) is 59.8. The molecular formula is C42H62FN7O10. The van der Waals surface area contributed by atoms with E-state index in [-0.39, 0.29) is 38.3 Å². The predicted molar refractivity (Wildman–Crippen MR) is 215 cm³/mol. The van der Waals surface area contributed by atoms with E-state index in [1.54, 1.807) is 73.2 Å². The lowest BCUT2D eigenvalue weighted by Crippen LogP contribution is -2.61. The molecule has 2 saturated heterocycles. The van der Waals surface area contributed by atoms with Crippen LogP contribution in [0.15, 0.2) is 24.5 Å². The van der Waals surface area contributed by atoms with Crippen LogP contribution in [0.3, 0.4) is 0 Å². The average Bonchev–Trinajstić information content (AvgIpc) is 3.80. The molecule has 4 heterocycles. The first-order valence-corrected chi connectivity index (χ1v) is 20.5. The molecule has 0 aliphatic carbocycles. The van der Waals surface area contributed by atoms with Gasteiger partial charge in [-0.1, -0.05) is 51.7 Å². The van der Waals surface area contributed by atoms with Gasteiger partial charge in [-0.25, -0.2) is 18.7 Å². The van der Waals surface area contributed by atoms with Crippen molar-refractivity contribution in [2.45, 2.75) is 142 Å². The molecule has 60 heavy (non-hydrogen) atoms. The number of esters is 1. The number of aliphatic hydroxyl groups is 1. The molecule has 0 aromatic carbocycles. The van der Waals surface area contributed by atoms with Gasteiger partial charge in [0.15, 0.2) is 17.7 Å². The number of aromatic nitrogens is 5. The zero-order valence-corrected chi connectivity index (χ0v) is 36.9. The molecule has 332 valence electrons. The fourth-order valence-electron chi connectivity index (χ4n) is 8.68. The second kappa shape index (κ2) is 20.0. The van der Waals surface area contributed by atoms with Gasteiger partial charge in [0.2, 0.25) is 0 Å². The standard InChI is InChI=1S/C42H62FN7O10/c1-13-30(48(10)11)33(52)37(57-15-3)59-36-27(6)35(53)41(8,43)38(54)58-31(14-2)42(9)34(26(5)32(51)25(4)23-40(36,7)56-12)50(39(55)60-42)22-17-16-21-49-24-29(46-47-49)28-19-18-20-44-45-28/h18-20,24-27,30-31,33-34,36-37,52H,13-15,21-23H2,1-12H3/t25-,26+,27+,30?,31-,33?,34-,36-,37+,40-,41+,42-/m1/s1. The number of nitrogens with zero attached hydrogens (tertiary/aromatic N) is 7. The van der Waals surface area contributed by atoms with E-state index in [9.17, 15) is 24.3 Å². The highest BCUT2D eigenvalue weighted by Gasteiger charge is 2.61. The molecule has 18 heteroatoms. The maximum absolute atomic E-state index is 16.9. The van der Waals surface area contributed by atoms with Crippen LogP contribution in [0.25, 0.3) is 11.4 Å². The average molecular weight is 844 g/mol. The fraction of sp³-hybridized carbons (Fsp3) is 0.714. The minimum Gasteiger partial charge on any atom is -0.455 e. The minimum atomic E-state index is -3.22.